The number of methoxy groups -OCH3 is 1. The Labute approximate surface area is 174 Å². The van der Waals surface area contributed by atoms with E-state index in [1.807, 2.05) is 26.1 Å². The van der Waals surface area contributed by atoms with Crippen LogP contribution in [0.4, 0.5) is 5.69 Å². The van der Waals surface area contributed by atoms with Gasteiger partial charge < -0.3 is 26.1 Å². The molecule has 9 heteroatoms. The van der Waals surface area contributed by atoms with Crippen LogP contribution in [-0.2, 0) is 0 Å². The molecule has 0 bridgehead atoms. The van der Waals surface area contributed by atoms with Crippen LogP contribution in [0.2, 0.25) is 0 Å². The molecule has 0 saturated carbocycles. The Balaban J connectivity index is 1.80. The average Bonchev–Trinajstić information content (AvgIpc) is 3.32. The van der Waals surface area contributed by atoms with E-state index in [1.165, 1.54) is 7.11 Å². The molecule has 2 aromatic heterocycles. The maximum absolute atomic E-state index is 12.8. The lowest BCUT2D eigenvalue weighted by Gasteiger charge is -2.12. The first-order valence-corrected chi connectivity index (χ1v) is 9.63. The number of nitrogens with one attached hydrogen (secondary N) is 4. The van der Waals surface area contributed by atoms with Gasteiger partial charge in [0.2, 0.25) is 0 Å². The van der Waals surface area contributed by atoms with Crippen LogP contribution in [0.25, 0.3) is 11.4 Å². The van der Waals surface area contributed by atoms with Crippen molar-refractivity contribution in [3.05, 3.63) is 52.8 Å². The highest BCUT2D eigenvalue weighted by molar-refractivity contribution is 6.06. The molecule has 0 saturated heterocycles. The number of rotatable bonds is 8. The molecule has 0 fully saturated rings. The van der Waals surface area contributed by atoms with Crippen molar-refractivity contribution in [3.63, 3.8) is 0 Å². The van der Waals surface area contributed by atoms with E-state index >= 15 is 0 Å². The van der Waals surface area contributed by atoms with Crippen LogP contribution in [0.3, 0.4) is 0 Å². The van der Waals surface area contributed by atoms with Gasteiger partial charge in [-0.15, -0.1) is 0 Å². The zero-order valence-electron chi connectivity index (χ0n) is 17.3. The molecular formula is C21H26N6O3. The number of H-pyrrole nitrogens is 2. The summed E-state index contributed by atoms with van der Waals surface area (Å²) in [5.74, 6) is -0.255. The van der Waals surface area contributed by atoms with Gasteiger partial charge >= 0.3 is 0 Å². The number of hydrogen-bond donors (Lipinski definition) is 5. The van der Waals surface area contributed by atoms with E-state index in [1.54, 1.807) is 18.2 Å². The van der Waals surface area contributed by atoms with E-state index in [2.05, 4.69) is 25.8 Å². The van der Waals surface area contributed by atoms with E-state index in [0.29, 0.717) is 36.5 Å². The van der Waals surface area contributed by atoms with Crippen molar-refractivity contribution in [2.24, 2.45) is 5.73 Å². The van der Waals surface area contributed by atoms with Crippen molar-refractivity contribution < 1.29 is 14.3 Å². The van der Waals surface area contributed by atoms with Gasteiger partial charge in [0.05, 0.1) is 24.1 Å². The van der Waals surface area contributed by atoms with Crippen molar-refractivity contribution in [2.75, 3.05) is 25.5 Å². The highest BCUT2D eigenvalue weighted by Gasteiger charge is 2.20. The molecule has 158 valence electrons. The van der Waals surface area contributed by atoms with Crippen LogP contribution in [-0.4, -0.2) is 47.2 Å². The largest absolute Gasteiger partial charge is 0.496 e. The fourth-order valence-corrected chi connectivity index (χ4v) is 3.13. The Morgan fingerprint density at radius 1 is 1.17 bits per heavy atom. The average molecular weight is 410 g/mol. The minimum atomic E-state index is -0.376. The molecule has 2 heterocycles. The van der Waals surface area contributed by atoms with Crippen molar-refractivity contribution >= 4 is 17.5 Å². The number of nitrogens with zero attached hydrogens (tertiary/aromatic N) is 1. The van der Waals surface area contributed by atoms with Gasteiger partial charge in [0, 0.05) is 24.0 Å². The molecule has 0 aliphatic carbocycles. The number of benzene rings is 1. The zero-order valence-corrected chi connectivity index (χ0v) is 17.3. The second-order valence-electron chi connectivity index (χ2n) is 6.88. The number of hydrogen-bond acceptors (Lipinski definition) is 5. The molecule has 0 radical (unpaired) electrons. The number of carbonyl (C=O) groups is 2. The Morgan fingerprint density at radius 2 is 1.97 bits per heavy atom. The monoisotopic (exact) mass is 410 g/mol. The quantitative estimate of drug-likeness (QED) is 0.363. The molecule has 3 aromatic rings. The van der Waals surface area contributed by atoms with Crippen LogP contribution >= 0.6 is 0 Å². The van der Waals surface area contributed by atoms with Crippen molar-refractivity contribution in [1.82, 2.24) is 20.5 Å². The summed E-state index contributed by atoms with van der Waals surface area (Å²) in [5.41, 5.74) is 9.96. The first-order chi connectivity index (χ1) is 14.5. The highest BCUT2D eigenvalue weighted by atomic mass is 16.5. The molecule has 2 amide bonds. The lowest BCUT2D eigenvalue weighted by atomic mass is 10.1. The minimum Gasteiger partial charge on any atom is -0.496 e. The second kappa shape index (κ2) is 9.27. The van der Waals surface area contributed by atoms with Crippen LogP contribution in [0, 0.1) is 13.8 Å². The van der Waals surface area contributed by atoms with E-state index in [9.17, 15) is 9.59 Å². The summed E-state index contributed by atoms with van der Waals surface area (Å²) >= 11 is 0. The number of aryl methyl sites for hydroxylation is 1. The summed E-state index contributed by atoms with van der Waals surface area (Å²) in [5, 5.41) is 12.7. The van der Waals surface area contributed by atoms with E-state index in [0.717, 1.165) is 22.5 Å². The maximum Gasteiger partial charge on any atom is 0.276 e. The molecule has 3 rings (SSSR count). The second-order valence-corrected chi connectivity index (χ2v) is 6.88. The molecule has 9 nitrogen and oxygen atoms in total. The number of nitrogens with two attached hydrogens (primary N) is 1. The summed E-state index contributed by atoms with van der Waals surface area (Å²) in [6.45, 7) is 4.75. The summed E-state index contributed by atoms with van der Waals surface area (Å²) < 4.78 is 5.27. The Bertz CT molecular complexity index is 1050. The molecule has 0 aliphatic rings. The van der Waals surface area contributed by atoms with Gasteiger partial charge in [-0.1, -0.05) is 0 Å². The van der Waals surface area contributed by atoms with Gasteiger partial charge in [0.25, 0.3) is 11.8 Å². The third kappa shape index (κ3) is 4.36. The van der Waals surface area contributed by atoms with Crippen LogP contribution < -0.4 is 21.1 Å². The number of aromatic nitrogens is 3. The molecular weight excluding hydrogens is 384 g/mol. The minimum absolute atomic E-state index is 0.281. The Morgan fingerprint density at radius 3 is 2.63 bits per heavy atom. The van der Waals surface area contributed by atoms with Crippen molar-refractivity contribution in [1.29, 1.82) is 0 Å². The van der Waals surface area contributed by atoms with Crippen LogP contribution in [0.1, 0.15) is 38.4 Å². The molecule has 0 spiro atoms. The maximum atomic E-state index is 12.8. The standard InChI is InChI=1S/C21H26N6O3/c1-12-7-10-23-17(12)18-13(2)19(27-26-18)21(29)25-14-5-6-16(30-3)15(11-14)20(28)24-9-4-8-22/h5-7,10-11,23H,4,8-9,22H2,1-3H3,(H,24,28)(H,25,29)(H,26,27). The number of ether oxygens (including phenoxy) is 1. The van der Waals surface area contributed by atoms with Gasteiger partial charge in [-0.2, -0.15) is 5.10 Å². The third-order valence-electron chi connectivity index (χ3n) is 4.80. The fraction of sp³-hybridized carbons (Fsp3) is 0.286. The summed E-state index contributed by atoms with van der Waals surface area (Å²) in [6, 6.07) is 6.84. The Kier molecular flexibility index (Phi) is 6.53. The van der Waals surface area contributed by atoms with Crippen molar-refractivity contribution in [3.8, 4) is 17.1 Å². The predicted molar refractivity (Wildman–Crippen MR) is 115 cm³/mol. The smallest absolute Gasteiger partial charge is 0.276 e. The summed E-state index contributed by atoms with van der Waals surface area (Å²) in [7, 11) is 1.49. The molecule has 0 atom stereocenters. The first kappa shape index (κ1) is 21.1. The number of amides is 2. The van der Waals surface area contributed by atoms with Gasteiger partial charge in [0.1, 0.15) is 5.75 Å². The highest BCUT2D eigenvalue weighted by Crippen LogP contribution is 2.26. The summed E-state index contributed by atoms with van der Waals surface area (Å²) in [6.07, 6.45) is 2.51. The van der Waals surface area contributed by atoms with Gasteiger partial charge in [-0.05, 0) is 56.6 Å². The van der Waals surface area contributed by atoms with Crippen molar-refractivity contribution in [2.45, 2.75) is 20.3 Å². The van der Waals surface area contributed by atoms with Gasteiger partial charge in [0.15, 0.2) is 5.69 Å². The van der Waals surface area contributed by atoms with Crippen LogP contribution in [0.15, 0.2) is 30.5 Å². The lowest BCUT2D eigenvalue weighted by Crippen LogP contribution is -2.26. The third-order valence-corrected chi connectivity index (χ3v) is 4.80. The first-order valence-electron chi connectivity index (χ1n) is 9.63. The number of anilines is 1. The van der Waals surface area contributed by atoms with E-state index in [4.69, 9.17) is 10.5 Å². The van der Waals surface area contributed by atoms with Gasteiger partial charge in [-0.25, -0.2) is 0 Å². The normalized spacial score (nSPS) is 10.7. The van der Waals surface area contributed by atoms with E-state index < -0.39 is 0 Å². The predicted octanol–water partition coefficient (Wildman–Crippen LogP) is 2.36. The number of aromatic amines is 2. The topological polar surface area (TPSA) is 138 Å². The fourth-order valence-electron chi connectivity index (χ4n) is 3.13. The van der Waals surface area contributed by atoms with E-state index in [-0.39, 0.29) is 17.5 Å². The lowest BCUT2D eigenvalue weighted by molar-refractivity contribution is 0.0949. The van der Waals surface area contributed by atoms with Crippen LogP contribution in [0.5, 0.6) is 5.75 Å². The zero-order chi connectivity index (χ0) is 21.7. The molecule has 30 heavy (non-hydrogen) atoms. The summed E-state index contributed by atoms with van der Waals surface area (Å²) in [4.78, 5) is 28.4. The Hall–Kier alpha value is -3.59. The molecule has 6 N–H and O–H groups in total. The molecule has 0 aliphatic heterocycles. The number of carbonyl (C=O) groups excluding carboxylic acids is 2. The SMILES string of the molecule is COc1ccc(NC(=O)c2n[nH]c(-c3[nH]ccc3C)c2C)cc1C(=O)NCCCN. The molecule has 0 unspecified atom stereocenters. The molecule has 1 aromatic carbocycles. The van der Waals surface area contributed by atoms with Gasteiger partial charge in [-0.3, -0.25) is 14.7 Å².